The number of hydrogen-bond acceptors (Lipinski definition) is 3. The minimum atomic E-state index is -0.534. The molecule has 0 saturated carbocycles. The fourth-order valence-electron chi connectivity index (χ4n) is 9.04. The van der Waals surface area contributed by atoms with E-state index in [1.165, 1.54) is 33.4 Å². The Hall–Kier alpha value is -7.23. The zero-order valence-electron chi connectivity index (χ0n) is 29.9. The molecule has 0 bridgehead atoms. The Morgan fingerprint density at radius 2 is 1.11 bits per heavy atom. The van der Waals surface area contributed by atoms with Crippen LogP contribution in [0.4, 0.5) is 17.1 Å². The van der Waals surface area contributed by atoms with E-state index in [2.05, 4.69) is 204 Å². The van der Waals surface area contributed by atoms with Crippen LogP contribution in [0.1, 0.15) is 22.3 Å². The van der Waals surface area contributed by atoms with Crippen LogP contribution in [0.2, 0.25) is 0 Å². The molecule has 2 heterocycles. The van der Waals surface area contributed by atoms with Crippen molar-refractivity contribution >= 4 is 49.9 Å². The number of para-hydroxylation sites is 2. The van der Waals surface area contributed by atoms with E-state index >= 15 is 0 Å². The van der Waals surface area contributed by atoms with Gasteiger partial charge in [-0.05, 0) is 75.3 Å². The zero-order valence-corrected chi connectivity index (χ0v) is 29.9. The second-order valence-electron chi connectivity index (χ2n) is 14.3. The molecule has 11 rings (SSSR count). The first kappa shape index (κ1) is 31.3. The topological polar surface area (TPSA) is 29.3 Å². The fourth-order valence-corrected chi connectivity index (χ4v) is 9.04. The van der Waals surface area contributed by atoms with Crippen molar-refractivity contribution in [3.63, 3.8) is 0 Å². The molecule has 0 atom stereocenters. The van der Waals surface area contributed by atoms with E-state index in [-0.39, 0.29) is 0 Å². The Morgan fingerprint density at radius 1 is 0.455 bits per heavy atom. The zero-order chi connectivity index (χ0) is 36.3. The molecule has 10 aromatic rings. The number of nitrogens with zero attached hydrogens (tertiary/aromatic N) is 2. The minimum absolute atomic E-state index is 0.534. The molecule has 0 N–H and O–H groups in total. The largest absolute Gasteiger partial charge is 0.454 e. The Morgan fingerprint density at radius 3 is 1.89 bits per heavy atom. The summed E-state index contributed by atoms with van der Waals surface area (Å²) in [6, 6.07) is 72.2. The molecule has 1 aliphatic rings. The molecule has 1 aliphatic carbocycles. The summed E-state index contributed by atoms with van der Waals surface area (Å²) in [5, 5.41) is 3.23. The van der Waals surface area contributed by atoms with Gasteiger partial charge >= 0.3 is 0 Å². The molecule has 0 fully saturated rings. The fraction of sp³-hybridized carbons (Fsp3) is 0.0192. The molecular weight excluding hydrogens is 669 g/mol. The Kier molecular flexibility index (Phi) is 7.08. The molecule has 0 aliphatic heterocycles. The van der Waals surface area contributed by atoms with Crippen molar-refractivity contribution in [2.75, 3.05) is 4.90 Å². The number of hydrogen-bond donors (Lipinski definition) is 0. The number of pyridine rings is 1. The van der Waals surface area contributed by atoms with E-state index in [1.54, 1.807) is 0 Å². The molecule has 258 valence electrons. The van der Waals surface area contributed by atoms with Crippen LogP contribution in [0.25, 0.3) is 55.1 Å². The monoisotopic (exact) mass is 702 g/mol. The first-order valence-corrected chi connectivity index (χ1v) is 18.8. The number of aromatic nitrogens is 1. The van der Waals surface area contributed by atoms with E-state index in [0.29, 0.717) is 0 Å². The summed E-state index contributed by atoms with van der Waals surface area (Å²) < 4.78 is 6.90. The average molecular weight is 703 g/mol. The summed E-state index contributed by atoms with van der Waals surface area (Å²) in [6.07, 6.45) is 1.83. The van der Waals surface area contributed by atoms with E-state index in [4.69, 9.17) is 4.42 Å². The van der Waals surface area contributed by atoms with Crippen LogP contribution in [0.15, 0.2) is 211 Å². The van der Waals surface area contributed by atoms with Crippen molar-refractivity contribution in [1.82, 2.24) is 4.98 Å². The highest BCUT2D eigenvalue weighted by molar-refractivity contribution is 6.13. The first-order chi connectivity index (χ1) is 27.3. The van der Waals surface area contributed by atoms with Crippen molar-refractivity contribution in [2.45, 2.75) is 5.41 Å². The normalized spacial score (nSPS) is 12.9. The quantitative estimate of drug-likeness (QED) is 0.173. The maximum atomic E-state index is 6.90. The van der Waals surface area contributed by atoms with Gasteiger partial charge in [0.1, 0.15) is 5.58 Å². The maximum Gasteiger partial charge on any atom is 0.159 e. The molecule has 0 unspecified atom stereocenters. The van der Waals surface area contributed by atoms with Gasteiger partial charge in [-0.25, -0.2) is 0 Å². The molecule has 0 saturated heterocycles. The van der Waals surface area contributed by atoms with E-state index in [9.17, 15) is 0 Å². The summed E-state index contributed by atoms with van der Waals surface area (Å²) in [6.45, 7) is 0. The van der Waals surface area contributed by atoms with Gasteiger partial charge in [-0.2, -0.15) is 0 Å². The third-order valence-corrected chi connectivity index (χ3v) is 11.4. The molecule has 55 heavy (non-hydrogen) atoms. The summed E-state index contributed by atoms with van der Waals surface area (Å²) in [4.78, 5) is 7.04. The first-order valence-electron chi connectivity index (χ1n) is 18.8. The summed E-state index contributed by atoms with van der Waals surface area (Å²) >= 11 is 0. The highest BCUT2D eigenvalue weighted by Crippen LogP contribution is 2.57. The van der Waals surface area contributed by atoms with Crippen LogP contribution in [-0.4, -0.2) is 4.98 Å². The van der Waals surface area contributed by atoms with Crippen molar-refractivity contribution in [3.05, 3.63) is 229 Å². The molecule has 8 aromatic carbocycles. The minimum Gasteiger partial charge on any atom is -0.454 e. The number of rotatable bonds is 6. The second kappa shape index (κ2) is 12.4. The van der Waals surface area contributed by atoms with Crippen molar-refractivity contribution in [3.8, 4) is 22.3 Å². The van der Waals surface area contributed by atoms with Gasteiger partial charge in [-0.1, -0.05) is 158 Å². The highest BCUT2D eigenvalue weighted by atomic mass is 16.3. The van der Waals surface area contributed by atoms with E-state index in [1.807, 2.05) is 12.3 Å². The Balaban J connectivity index is 1.23. The number of fused-ring (bicyclic) bond motifs is 7. The summed E-state index contributed by atoms with van der Waals surface area (Å²) in [7, 11) is 0. The van der Waals surface area contributed by atoms with Gasteiger partial charge in [0, 0.05) is 39.7 Å². The third kappa shape index (κ3) is 4.73. The van der Waals surface area contributed by atoms with Crippen LogP contribution in [0, 0.1) is 0 Å². The Labute approximate surface area is 319 Å². The van der Waals surface area contributed by atoms with Crippen molar-refractivity contribution < 1.29 is 4.42 Å². The van der Waals surface area contributed by atoms with Crippen LogP contribution in [0.5, 0.6) is 0 Å². The van der Waals surface area contributed by atoms with Crippen LogP contribution in [0.3, 0.4) is 0 Å². The van der Waals surface area contributed by atoms with Gasteiger partial charge in [-0.3, -0.25) is 4.98 Å². The Bertz CT molecular complexity index is 3000. The third-order valence-electron chi connectivity index (χ3n) is 11.4. The van der Waals surface area contributed by atoms with Gasteiger partial charge in [0.15, 0.2) is 5.58 Å². The van der Waals surface area contributed by atoms with Crippen LogP contribution < -0.4 is 4.90 Å². The summed E-state index contributed by atoms with van der Waals surface area (Å²) in [5.74, 6) is 0. The molecular formula is C52H34N2O. The van der Waals surface area contributed by atoms with E-state index < -0.39 is 5.41 Å². The average Bonchev–Trinajstić information content (AvgIpc) is 3.77. The molecule has 0 spiro atoms. The predicted molar refractivity (Wildman–Crippen MR) is 226 cm³/mol. The number of benzene rings is 8. The van der Waals surface area contributed by atoms with Gasteiger partial charge in [0.05, 0.1) is 22.3 Å². The lowest BCUT2D eigenvalue weighted by molar-refractivity contribution is 0.669. The maximum absolute atomic E-state index is 6.90. The number of anilines is 3. The molecule has 3 nitrogen and oxygen atoms in total. The van der Waals surface area contributed by atoms with E-state index in [0.717, 1.165) is 61.0 Å². The van der Waals surface area contributed by atoms with Crippen molar-refractivity contribution in [1.29, 1.82) is 0 Å². The molecule has 0 amide bonds. The van der Waals surface area contributed by atoms with Gasteiger partial charge in [0.2, 0.25) is 0 Å². The SMILES string of the molecule is c1ccc(-c2ccccc2N(c2ccc3c(c2)C(c2ccccc2)(c2ccccc2)c2ccccc2-3)c2cccc3c2oc2cc4ncccc4cc23)cc1. The van der Waals surface area contributed by atoms with Gasteiger partial charge < -0.3 is 9.32 Å². The molecule has 2 aromatic heterocycles. The van der Waals surface area contributed by atoms with Crippen LogP contribution >= 0.6 is 0 Å². The molecule has 0 radical (unpaired) electrons. The molecule has 3 heteroatoms. The lowest BCUT2D eigenvalue weighted by atomic mass is 9.67. The second-order valence-corrected chi connectivity index (χ2v) is 14.3. The highest BCUT2D eigenvalue weighted by Gasteiger charge is 2.46. The lowest BCUT2D eigenvalue weighted by Crippen LogP contribution is -2.28. The predicted octanol–water partition coefficient (Wildman–Crippen LogP) is 13.6. The number of furan rings is 1. The van der Waals surface area contributed by atoms with Crippen molar-refractivity contribution in [2.24, 2.45) is 0 Å². The van der Waals surface area contributed by atoms with Gasteiger partial charge in [-0.15, -0.1) is 0 Å². The standard InChI is InChI=1S/C52H34N2O/c1-4-16-35(17-5-1)40-23-11-13-27-48(40)54(49-28-14-25-43-44-32-36-18-15-31-53-47(36)34-50(44)55-51(43)49)39-29-30-42-41-24-10-12-26-45(41)52(46(42)33-39,37-19-6-2-7-20-37)38-21-8-3-9-22-38/h1-34H. The van der Waals surface area contributed by atoms with Gasteiger partial charge in [0.25, 0.3) is 0 Å². The lowest BCUT2D eigenvalue weighted by Gasteiger charge is -2.35. The van der Waals surface area contributed by atoms with Crippen LogP contribution in [-0.2, 0) is 5.41 Å². The smallest absolute Gasteiger partial charge is 0.159 e. The summed E-state index contributed by atoms with van der Waals surface area (Å²) in [5.41, 5.74) is 14.9.